The van der Waals surface area contributed by atoms with Gasteiger partial charge in [0.25, 0.3) is 5.56 Å². The number of aromatic amines is 1. The molecular weight excluding hydrogens is 418 g/mol. The Bertz CT molecular complexity index is 1260. The van der Waals surface area contributed by atoms with Gasteiger partial charge >= 0.3 is 11.6 Å². The van der Waals surface area contributed by atoms with Crippen molar-refractivity contribution in [2.75, 3.05) is 5.43 Å². The topological polar surface area (TPSA) is 153 Å². The van der Waals surface area contributed by atoms with Crippen molar-refractivity contribution >= 4 is 35.3 Å². The molecule has 12 heteroatoms. The van der Waals surface area contributed by atoms with Crippen LogP contribution in [0.4, 0.5) is 11.8 Å². The zero-order valence-corrected chi connectivity index (χ0v) is 17.9. The number of H-pyrrole nitrogens is 1. The van der Waals surface area contributed by atoms with E-state index in [1.165, 1.54) is 42.1 Å². The minimum absolute atomic E-state index is 0.267. The molecule has 0 unspecified atom stereocenters. The van der Waals surface area contributed by atoms with Crippen LogP contribution in [0.1, 0.15) is 44.8 Å². The fourth-order valence-corrected chi connectivity index (χ4v) is 3.22. The Morgan fingerprint density at radius 2 is 2.06 bits per heavy atom. The van der Waals surface area contributed by atoms with E-state index in [9.17, 15) is 19.7 Å². The van der Waals surface area contributed by atoms with E-state index in [4.69, 9.17) is 4.42 Å². The van der Waals surface area contributed by atoms with Gasteiger partial charge in [-0.1, -0.05) is 32.6 Å². The highest BCUT2D eigenvalue weighted by molar-refractivity contribution is 5.78. The van der Waals surface area contributed by atoms with E-state index >= 15 is 0 Å². The van der Waals surface area contributed by atoms with Gasteiger partial charge in [0.15, 0.2) is 11.2 Å². The predicted molar refractivity (Wildman–Crippen MR) is 121 cm³/mol. The number of nitro groups is 1. The van der Waals surface area contributed by atoms with E-state index in [1.54, 1.807) is 4.57 Å². The summed E-state index contributed by atoms with van der Waals surface area (Å²) in [5.41, 5.74) is 2.33. The van der Waals surface area contributed by atoms with E-state index < -0.39 is 16.2 Å². The van der Waals surface area contributed by atoms with Gasteiger partial charge in [0.1, 0.15) is 10.7 Å². The van der Waals surface area contributed by atoms with Gasteiger partial charge in [-0.05, 0) is 24.6 Å². The SMILES string of the molecule is CCCCCCCn1c(N/N=C\C=C\c2ccc([N+](=O)[O-])o2)nc2c1c(=O)[nH]c(=O)n2C. The number of anilines is 1. The third kappa shape index (κ3) is 5.20. The molecule has 0 bridgehead atoms. The molecule has 0 amide bonds. The van der Waals surface area contributed by atoms with Gasteiger partial charge in [-0.25, -0.2) is 10.2 Å². The van der Waals surface area contributed by atoms with Gasteiger partial charge in [-0.2, -0.15) is 10.1 Å². The number of hydrogen-bond donors (Lipinski definition) is 2. The first-order valence-electron chi connectivity index (χ1n) is 10.3. The molecule has 3 rings (SSSR count). The lowest BCUT2D eigenvalue weighted by atomic mass is 10.1. The Balaban J connectivity index is 1.79. The zero-order valence-electron chi connectivity index (χ0n) is 17.9. The molecule has 170 valence electrons. The normalized spacial score (nSPS) is 11.8. The largest absolute Gasteiger partial charge is 0.433 e. The fraction of sp³-hybridized carbons (Fsp3) is 0.400. The number of imidazole rings is 1. The third-order valence-electron chi connectivity index (χ3n) is 4.87. The number of aryl methyl sites for hydroxylation is 2. The second-order valence-electron chi connectivity index (χ2n) is 7.17. The Labute approximate surface area is 182 Å². The number of hydrogen-bond acceptors (Lipinski definition) is 8. The summed E-state index contributed by atoms with van der Waals surface area (Å²) in [4.78, 5) is 41.1. The highest BCUT2D eigenvalue weighted by Crippen LogP contribution is 2.18. The number of aromatic nitrogens is 4. The van der Waals surface area contributed by atoms with Crippen LogP contribution in [0.15, 0.2) is 37.3 Å². The number of rotatable bonds is 11. The van der Waals surface area contributed by atoms with Crippen molar-refractivity contribution in [2.24, 2.45) is 12.1 Å². The number of nitrogens with one attached hydrogen (secondary N) is 2. The second-order valence-corrected chi connectivity index (χ2v) is 7.17. The van der Waals surface area contributed by atoms with Crippen LogP contribution in [0.2, 0.25) is 0 Å². The van der Waals surface area contributed by atoms with E-state index in [1.807, 2.05) is 0 Å². The summed E-state index contributed by atoms with van der Waals surface area (Å²) in [6.45, 7) is 2.69. The Morgan fingerprint density at radius 1 is 1.28 bits per heavy atom. The summed E-state index contributed by atoms with van der Waals surface area (Å²) >= 11 is 0. The maximum atomic E-state index is 12.4. The first-order valence-corrected chi connectivity index (χ1v) is 10.3. The summed E-state index contributed by atoms with van der Waals surface area (Å²) < 4.78 is 8.02. The summed E-state index contributed by atoms with van der Waals surface area (Å²) in [5.74, 6) is 0.299. The fourth-order valence-electron chi connectivity index (χ4n) is 3.22. The van der Waals surface area contributed by atoms with Crippen LogP contribution in [0.25, 0.3) is 17.2 Å². The average Bonchev–Trinajstić information content (AvgIpc) is 3.37. The average molecular weight is 443 g/mol. The Hall–Kier alpha value is -3.96. The summed E-state index contributed by atoms with van der Waals surface area (Å²) in [5, 5.41) is 14.7. The van der Waals surface area contributed by atoms with Crippen molar-refractivity contribution in [1.82, 2.24) is 19.1 Å². The summed E-state index contributed by atoms with van der Waals surface area (Å²) in [6.07, 6.45) is 9.73. The molecule has 3 aromatic heterocycles. The zero-order chi connectivity index (χ0) is 23.1. The molecule has 0 aliphatic carbocycles. The molecule has 0 radical (unpaired) electrons. The summed E-state index contributed by atoms with van der Waals surface area (Å²) in [7, 11) is 1.54. The second kappa shape index (κ2) is 10.4. The minimum Gasteiger partial charge on any atom is -0.401 e. The molecular formula is C20H25N7O5. The smallest absolute Gasteiger partial charge is 0.401 e. The molecule has 0 saturated heterocycles. The van der Waals surface area contributed by atoms with Crippen molar-refractivity contribution in [3.05, 3.63) is 54.9 Å². The van der Waals surface area contributed by atoms with Gasteiger partial charge in [0.2, 0.25) is 5.95 Å². The third-order valence-corrected chi connectivity index (χ3v) is 4.87. The quantitative estimate of drug-likeness (QED) is 0.200. The minimum atomic E-state index is -0.616. The standard InChI is InChI=1S/C20H25N7O5/c1-3-4-5-6-7-13-26-16-17(25(2)20(29)23-18(16)28)22-19(26)24-21-12-8-9-14-10-11-15(32-14)27(30)31/h8-12H,3-7,13H2,1-2H3,(H,22,24)(H,23,28,29)/b9-8+,21-12-. The molecule has 32 heavy (non-hydrogen) atoms. The molecule has 0 saturated carbocycles. The highest BCUT2D eigenvalue weighted by atomic mass is 16.6. The first kappa shape index (κ1) is 22.7. The Morgan fingerprint density at radius 3 is 2.78 bits per heavy atom. The summed E-state index contributed by atoms with van der Waals surface area (Å²) in [6, 6.07) is 2.74. The lowest BCUT2D eigenvalue weighted by Gasteiger charge is -2.07. The monoisotopic (exact) mass is 443 g/mol. The first-order chi connectivity index (χ1) is 15.4. The molecule has 3 heterocycles. The lowest BCUT2D eigenvalue weighted by molar-refractivity contribution is -0.402. The number of furan rings is 1. The van der Waals surface area contributed by atoms with Crippen LogP contribution >= 0.6 is 0 Å². The molecule has 0 aliphatic heterocycles. The number of nitrogens with zero attached hydrogens (tertiary/aromatic N) is 5. The highest BCUT2D eigenvalue weighted by Gasteiger charge is 2.16. The molecule has 0 aromatic carbocycles. The van der Waals surface area contributed by atoms with Crippen molar-refractivity contribution in [3.63, 3.8) is 0 Å². The Kier molecular flexibility index (Phi) is 7.37. The van der Waals surface area contributed by atoms with Crippen LogP contribution in [0.5, 0.6) is 0 Å². The van der Waals surface area contributed by atoms with Gasteiger partial charge in [-0.15, -0.1) is 0 Å². The number of hydrazone groups is 1. The van der Waals surface area contributed by atoms with E-state index in [2.05, 4.69) is 27.4 Å². The van der Waals surface area contributed by atoms with E-state index in [0.29, 0.717) is 23.8 Å². The van der Waals surface area contributed by atoms with Gasteiger partial charge in [0.05, 0.1) is 6.07 Å². The molecule has 0 spiro atoms. The van der Waals surface area contributed by atoms with Crippen molar-refractivity contribution in [3.8, 4) is 0 Å². The molecule has 3 aromatic rings. The molecule has 0 aliphatic rings. The van der Waals surface area contributed by atoms with Crippen molar-refractivity contribution in [1.29, 1.82) is 0 Å². The molecule has 12 nitrogen and oxygen atoms in total. The predicted octanol–water partition coefficient (Wildman–Crippen LogP) is 3.01. The van der Waals surface area contributed by atoms with E-state index in [-0.39, 0.29) is 11.5 Å². The van der Waals surface area contributed by atoms with Crippen LogP contribution in [0.3, 0.4) is 0 Å². The maximum Gasteiger partial charge on any atom is 0.433 e. The van der Waals surface area contributed by atoms with Crippen LogP contribution in [0, 0.1) is 10.1 Å². The number of fused-ring (bicyclic) bond motifs is 1. The van der Waals surface area contributed by atoms with Gasteiger partial charge in [0, 0.05) is 19.8 Å². The van der Waals surface area contributed by atoms with Crippen molar-refractivity contribution in [2.45, 2.75) is 45.6 Å². The van der Waals surface area contributed by atoms with Gasteiger partial charge < -0.3 is 8.98 Å². The lowest BCUT2D eigenvalue weighted by Crippen LogP contribution is -2.29. The van der Waals surface area contributed by atoms with Crippen LogP contribution in [-0.2, 0) is 13.6 Å². The molecule has 2 N–H and O–H groups in total. The number of unbranched alkanes of at least 4 members (excludes halogenated alkanes) is 4. The number of allylic oxidation sites excluding steroid dienone is 1. The molecule has 0 atom stereocenters. The van der Waals surface area contributed by atoms with Gasteiger partial charge in [-0.3, -0.25) is 24.5 Å². The van der Waals surface area contributed by atoms with Crippen LogP contribution in [-0.4, -0.2) is 30.2 Å². The van der Waals surface area contributed by atoms with E-state index in [0.717, 1.165) is 32.1 Å². The van der Waals surface area contributed by atoms with Crippen molar-refractivity contribution < 1.29 is 9.34 Å². The molecule has 0 fully saturated rings. The van der Waals surface area contributed by atoms with Crippen LogP contribution < -0.4 is 16.7 Å². The maximum absolute atomic E-state index is 12.4.